The van der Waals surface area contributed by atoms with Gasteiger partial charge in [0.05, 0.1) is 12.6 Å². The lowest BCUT2D eigenvalue weighted by Crippen LogP contribution is -2.58. The monoisotopic (exact) mass is 351 g/mol. The second kappa shape index (κ2) is 6.04. The summed E-state index contributed by atoms with van der Waals surface area (Å²) in [6.45, 7) is 7.99. The first-order chi connectivity index (χ1) is 12.0. The van der Waals surface area contributed by atoms with Gasteiger partial charge in [0, 0.05) is 45.1 Å². The SMILES string of the molecule is CCOC(=O)N1CCC2(CC(N3CCC4(CC3)OC(=O)NC4C)C2)C1. The van der Waals surface area contributed by atoms with Crippen molar-refractivity contribution in [1.29, 1.82) is 0 Å². The number of likely N-dealkylation sites (tertiary alicyclic amines) is 2. The maximum absolute atomic E-state index is 11.9. The van der Waals surface area contributed by atoms with Crippen LogP contribution in [0.3, 0.4) is 0 Å². The molecule has 1 atom stereocenters. The highest BCUT2D eigenvalue weighted by Gasteiger charge is 2.54. The van der Waals surface area contributed by atoms with E-state index in [1.54, 1.807) is 0 Å². The highest BCUT2D eigenvalue weighted by Crippen LogP contribution is 2.51. The molecule has 0 radical (unpaired) electrons. The minimum absolute atomic E-state index is 0.0999. The first-order valence-corrected chi connectivity index (χ1v) is 9.61. The number of alkyl carbamates (subject to hydrolysis) is 1. The fourth-order valence-corrected chi connectivity index (χ4v) is 5.25. The van der Waals surface area contributed by atoms with E-state index in [4.69, 9.17) is 9.47 Å². The Hall–Kier alpha value is -1.50. The van der Waals surface area contributed by atoms with E-state index in [0.717, 1.165) is 45.4 Å². The quantitative estimate of drug-likeness (QED) is 0.823. The van der Waals surface area contributed by atoms with Gasteiger partial charge in [0.1, 0.15) is 5.60 Å². The molecule has 0 aromatic rings. The molecule has 4 aliphatic rings. The molecule has 2 amide bonds. The zero-order valence-corrected chi connectivity index (χ0v) is 15.3. The van der Waals surface area contributed by atoms with Gasteiger partial charge in [-0.15, -0.1) is 0 Å². The molecule has 1 saturated carbocycles. The smallest absolute Gasteiger partial charge is 0.409 e. The minimum atomic E-state index is -0.302. The molecule has 0 bridgehead atoms. The number of rotatable bonds is 2. The molecule has 140 valence electrons. The van der Waals surface area contributed by atoms with Gasteiger partial charge in [-0.3, -0.25) is 0 Å². The Morgan fingerprint density at radius 1 is 1.28 bits per heavy atom. The predicted molar refractivity (Wildman–Crippen MR) is 91.3 cm³/mol. The van der Waals surface area contributed by atoms with E-state index >= 15 is 0 Å². The van der Waals surface area contributed by atoms with Crippen molar-refractivity contribution in [3.63, 3.8) is 0 Å². The van der Waals surface area contributed by atoms with Crippen LogP contribution in [-0.2, 0) is 9.47 Å². The molecule has 1 N–H and O–H groups in total. The Morgan fingerprint density at radius 2 is 2.00 bits per heavy atom. The van der Waals surface area contributed by atoms with Crippen molar-refractivity contribution in [3.8, 4) is 0 Å². The van der Waals surface area contributed by atoms with Gasteiger partial charge in [-0.2, -0.15) is 0 Å². The van der Waals surface area contributed by atoms with E-state index in [9.17, 15) is 9.59 Å². The molecule has 1 unspecified atom stereocenters. The number of carbonyl (C=O) groups is 2. The number of carbonyl (C=O) groups excluding carboxylic acids is 2. The molecule has 0 aromatic heterocycles. The number of nitrogens with one attached hydrogen (secondary N) is 1. The zero-order valence-electron chi connectivity index (χ0n) is 15.3. The summed E-state index contributed by atoms with van der Waals surface area (Å²) in [4.78, 5) is 27.9. The van der Waals surface area contributed by atoms with Crippen LogP contribution in [0.25, 0.3) is 0 Å². The van der Waals surface area contributed by atoms with E-state index in [-0.39, 0.29) is 23.8 Å². The van der Waals surface area contributed by atoms with E-state index in [2.05, 4.69) is 10.2 Å². The van der Waals surface area contributed by atoms with Crippen molar-refractivity contribution in [3.05, 3.63) is 0 Å². The van der Waals surface area contributed by atoms with E-state index < -0.39 is 0 Å². The average Bonchev–Trinajstić information content (AvgIpc) is 3.10. The van der Waals surface area contributed by atoms with Crippen molar-refractivity contribution in [1.82, 2.24) is 15.1 Å². The number of nitrogens with zero attached hydrogens (tertiary/aromatic N) is 2. The summed E-state index contributed by atoms with van der Waals surface area (Å²) in [5.41, 5.74) is 0.00429. The summed E-state index contributed by atoms with van der Waals surface area (Å²) in [6.07, 6.45) is 4.82. The van der Waals surface area contributed by atoms with Gasteiger partial charge in [-0.25, -0.2) is 9.59 Å². The molecule has 7 nitrogen and oxygen atoms in total. The van der Waals surface area contributed by atoms with Crippen LogP contribution in [0.1, 0.15) is 46.0 Å². The molecule has 3 aliphatic heterocycles. The molecule has 2 spiro atoms. The number of hydrogen-bond donors (Lipinski definition) is 1. The fraction of sp³-hybridized carbons (Fsp3) is 0.889. The molecule has 3 heterocycles. The Labute approximate surface area is 149 Å². The number of hydrogen-bond acceptors (Lipinski definition) is 5. The lowest BCUT2D eigenvalue weighted by Gasteiger charge is -2.52. The Morgan fingerprint density at radius 3 is 2.60 bits per heavy atom. The zero-order chi connectivity index (χ0) is 17.7. The van der Waals surface area contributed by atoms with Gasteiger partial charge in [-0.1, -0.05) is 0 Å². The van der Waals surface area contributed by atoms with Crippen molar-refractivity contribution >= 4 is 12.2 Å². The van der Waals surface area contributed by atoms with Gasteiger partial charge in [-0.05, 0) is 38.5 Å². The summed E-state index contributed by atoms with van der Waals surface area (Å²) < 4.78 is 10.7. The summed E-state index contributed by atoms with van der Waals surface area (Å²) >= 11 is 0. The molecule has 4 fully saturated rings. The van der Waals surface area contributed by atoms with Crippen molar-refractivity contribution < 1.29 is 19.1 Å². The molecular formula is C18H29N3O4. The average molecular weight is 351 g/mol. The lowest BCUT2D eigenvalue weighted by molar-refractivity contribution is -0.0594. The third kappa shape index (κ3) is 2.86. The largest absolute Gasteiger partial charge is 0.450 e. The highest BCUT2D eigenvalue weighted by molar-refractivity contribution is 5.71. The van der Waals surface area contributed by atoms with E-state index in [1.165, 1.54) is 12.8 Å². The van der Waals surface area contributed by atoms with Crippen molar-refractivity contribution in [2.24, 2.45) is 5.41 Å². The maximum Gasteiger partial charge on any atom is 0.409 e. The third-order valence-corrected chi connectivity index (χ3v) is 6.88. The van der Waals surface area contributed by atoms with E-state index in [1.807, 2.05) is 18.7 Å². The topological polar surface area (TPSA) is 71.1 Å². The molecule has 1 aliphatic carbocycles. The lowest BCUT2D eigenvalue weighted by atomic mass is 9.64. The maximum atomic E-state index is 11.9. The summed E-state index contributed by atoms with van der Waals surface area (Å²) in [7, 11) is 0. The van der Waals surface area contributed by atoms with Crippen molar-refractivity contribution in [2.75, 3.05) is 32.8 Å². The van der Waals surface area contributed by atoms with Crippen LogP contribution in [0, 0.1) is 5.41 Å². The minimum Gasteiger partial charge on any atom is -0.450 e. The van der Waals surface area contributed by atoms with Crippen LogP contribution in [0.4, 0.5) is 9.59 Å². The van der Waals surface area contributed by atoms with Crippen LogP contribution in [0.5, 0.6) is 0 Å². The highest BCUT2D eigenvalue weighted by atomic mass is 16.6. The Balaban J connectivity index is 1.27. The van der Waals surface area contributed by atoms with Gasteiger partial charge in [0.25, 0.3) is 0 Å². The Kier molecular flexibility index (Phi) is 4.09. The second-order valence-corrected chi connectivity index (χ2v) is 8.29. The first kappa shape index (κ1) is 16.9. The summed E-state index contributed by atoms with van der Waals surface area (Å²) in [5.74, 6) is 0. The standard InChI is InChI=1S/C18H29N3O4/c1-3-24-16(23)21-7-4-17(12-21)10-14(11-17)20-8-5-18(6-9-20)13(2)19-15(22)25-18/h13-14H,3-12H2,1-2H3,(H,19,22). The van der Waals surface area contributed by atoms with Crippen LogP contribution in [0.2, 0.25) is 0 Å². The number of ether oxygens (including phenoxy) is 2. The van der Waals surface area contributed by atoms with Gasteiger partial charge in [0.2, 0.25) is 0 Å². The van der Waals surface area contributed by atoms with Gasteiger partial charge >= 0.3 is 12.2 Å². The van der Waals surface area contributed by atoms with Crippen molar-refractivity contribution in [2.45, 2.75) is 63.6 Å². The van der Waals surface area contributed by atoms with Crippen LogP contribution < -0.4 is 5.32 Å². The predicted octanol–water partition coefficient (Wildman–Crippen LogP) is 1.96. The third-order valence-electron chi connectivity index (χ3n) is 6.88. The summed E-state index contributed by atoms with van der Waals surface area (Å²) in [5, 5.41) is 2.89. The molecule has 7 heteroatoms. The molecule has 25 heavy (non-hydrogen) atoms. The fourth-order valence-electron chi connectivity index (χ4n) is 5.25. The molecule has 0 aromatic carbocycles. The Bertz CT molecular complexity index is 553. The molecular weight excluding hydrogens is 322 g/mol. The number of amides is 2. The second-order valence-electron chi connectivity index (χ2n) is 8.29. The summed E-state index contributed by atoms with van der Waals surface area (Å²) in [6, 6.07) is 0.711. The van der Waals surface area contributed by atoms with E-state index in [0.29, 0.717) is 18.1 Å². The van der Waals surface area contributed by atoms with Crippen LogP contribution >= 0.6 is 0 Å². The normalized spacial score (nSPS) is 37.0. The van der Waals surface area contributed by atoms with Gasteiger partial charge in [0.15, 0.2) is 0 Å². The van der Waals surface area contributed by atoms with Gasteiger partial charge < -0.3 is 24.6 Å². The first-order valence-electron chi connectivity index (χ1n) is 9.61. The van der Waals surface area contributed by atoms with Crippen LogP contribution in [-0.4, -0.2) is 72.5 Å². The van der Waals surface area contributed by atoms with Crippen LogP contribution in [0.15, 0.2) is 0 Å². The number of piperidine rings is 1. The molecule has 4 rings (SSSR count). The molecule has 3 saturated heterocycles.